The van der Waals surface area contributed by atoms with E-state index in [4.69, 9.17) is 0 Å². The monoisotopic (exact) mass is 346 g/mol. The molecule has 1 aliphatic rings. The molecule has 1 aromatic heterocycles. The van der Waals surface area contributed by atoms with Crippen LogP contribution in [0.5, 0.6) is 0 Å². The fourth-order valence-corrected chi connectivity index (χ4v) is 3.69. The van der Waals surface area contributed by atoms with Crippen LogP contribution in [0.3, 0.4) is 0 Å². The first-order valence-corrected chi connectivity index (χ1v) is 8.27. The van der Waals surface area contributed by atoms with Gasteiger partial charge in [0.25, 0.3) is 16.8 Å². The van der Waals surface area contributed by atoms with Crippen molar-refractivity contribution in [3.8, 4) is 0 Å². The smallest absolute Gasteiger partial charge is 0.268 e. The van der Waals surface area contributed by atoms with Crippen molar-refractivity contribution in [1.29, 1.82) is 0 Å². The second-order valence-corrected chi connectivity index (χ2v) is 6.64. The van der Waals surface area contributed by atoms with Crippen molar-refractivity contribution in [3.05, 3.63) is 67.2 Å². The van der Waals surface area contributed by atoms with Crippen molar-refractivity contribution in [3.63, 3.8) is 0 Å². The molecule has 23 heavy (non-hydrogen) atoms. The van der Waals surface area contributed by atoms with E-state index < -0.39 is 16.1 Å². The van der Waals surface area contributed by atoms with Gasteiger partial charge in [0.15, 0.2) is 0 Å². The van der Waals surface area contributed by atoms with Crippen LogP contribution in [0.1, 0.15) is 10.4 Å². The zero-order valence-electron chi connectivity index (χ0n) is 11.7. The molecule has 0 radical (unpaired) electrons. The van der Waals surface area contributed by atoms with Crippen LogP contribution in [0.25, 0.3) is 6.08 Å². The fraction of sp³-hybridized carbons (Fsp3) is 0.0667. The Kier molecular flexibility index (Phi) is 4.26. The quantitative estimate of drug-likeness (QED) is 0.476. The highest BCUT2D eigenvalue weighted by molar-refractivity contribution is 8.18. The summed E-state index contributed by atoms with van der Waals surface area (Å²) in [6, 6.07) is 9.80. The highest BCUT2D eigenvalue weighted by Gasteiger charge is 2.36. The first-order valence-electron chi connectivity index (χ1n) is 6.57. The van der Waals surface area contributed by atoms with Crippen molar-refractivity contribution < 1.29 is 14.5 Å². The molecular formula is C15H10N2O4S2. The Bertz CT molecular complexity index is 815. The normalized spacial score (nSPS) is 16.3. The minimum absolute atomic E-state index is 0.103. The molecule has 1 saturated heterocycles. The molecule has 2 amide bonds. The number of benzene rings is 1. The van der Waals surface area contributed by atoms with E-state index in [-0.39, 0.29) is 12.2 Å². The molecule has 1 fully saturated rings. The van der Waals surface area contributed by atoms with Crippen molar-refractivity contribution in [2.75, 3.05) is 0 Å². The van der Waals surface area contributed by atoms with Gasteiger partial charge in [0.05, 0.1) is 16.4 Å². The van der Waals surface area contributed by atoms with Gasteiger partial charge in [-0.2, -0.15) is 0 Å². The topological polar surface area (TPSA) is 80.5 Å². The Balaban J connectivity index is 1.86. The second kappa shape index (κ2) is 6.35. The molecule has 3 rings (SSSR count). The summed E-state index contributed by atoms with van der Waals surface area (Å²) >= 11 is 2.31. The molecule has 0 atom stereocenters. The number of thiophene rings is 1. The van der Waals surface area contributed by atoms with Gasteiger partial charge in [-0.25, -0.2) is 0 Å². The van der Waals surface area contributed by atoms with Crippen LogP contribution in [0, 0.1) is 10.1 Å². The Labute approximate surface area is 139 Å². The Morgan fingerprint density at radius 1 is 1.17 bits per heavy atom. The maximum absolute atomic E-state index is 12.4. The van der Waals surface area contributed by atoms with E-state index in [1.54, 1.807) is 24.3 Å². The van der Waals surface area contributed by atoms with Crippen LogP contribution < -0.4 is 0 Å². The molecule has 2 heterocycles. The summed E-state index contributed by atoms with van der Waals surface area (Å²) in [6.45, 7) is -0.108. The number of hydrogen-bond donors (Lipinski definition) is 0. The summed E-state index contributed by atoms with van der Waals surface area (Å²) in [5.74, 6) is -0.424. The lowest BCUT2D eigenvalue weighted by molar-refractivity contribution is -0.385. The molecule has 0 aliphatic carbocycles. The predicted molar refractivity (Wildman–Crippen MR) is 88.9 cm³/mol. The molecule has 0 saturated carbocycles. The van der Waals surface area contributed by atoms with E-state index in [0.29, 0.717) is 10.5 Å². The van der Waals surface area contributed by atoms with Gasteiger partial charge in [-0.3, -0.25) is 24.6 Å². The van der Waals surface area contributed by atoms with Crippen molar-refractivity contribution in [2.24, 2.45) is 0 Å². The first-order chi connectivity index (χ1) is 11.1. The molecule has 6 nitrogen and oxygen atoms in total. The number of nitro benzene ring substituents is 1. The number of rotatable bonds is 4. The van der Waals surface area contributed by atoms with Gasteiger partial charge in [-0.05, 0) is 29.3 Å². The lowest BCUT2D eigenvalue weighted by atomic mass is 10.1. The number of amides is 2. The second-order valence-electron chi connectivity index (χ2n) is 4.67. The van der Waals surface area contributed by atoms with Crippen LogP contribution in [0.4, 0.5) is 10.5 Å². The Morgan fingerprint density at radius 2 is 1.96 bits per heavy atom. The molecule has 0 N–H and O–H groups in total. The van der Waals surface area contributed by atoms with Gasteiger partial charge < -0.3 is 0 Å². The van der Waals surface area contributed by atoms with Crippen molar-refractivity contribution in [2.45, 2.75) is 6.54 Å². The Hall–Kier alpha value is -2.45. The number of hydrogen-bond acceptors (Lipinski definition) is 6. The maximum Gasteiger partial charge on any atom is 0.293 e. The minimum Gasteiger partial charge on any atom is -0.268 e. The molecule has 0 unspecified atom stereocenters. The van der Waals surface area contributed by atoms with E-state index in [2.05, 4.69) is 0 Å². The molecular weight excluding hydrogens is 336 g/mol. The van der Waals surface area contributed by atoms with Gasteiger partial charge in [-0.1, -0.05) is 24.3 Å². The van der Waals surface area contributed by atoms with Crippen LogP contribution in [-0.2, 0) is 11.3 Å². The molecule has 8 heteroatoms. The summed E-state index contributed by atoms with van der Waals surface area (Å²) in [4.78, 5) is 37.2. The lowest BCUT2D eigenvalue weighted by Crippen LogP contribution is -2.27. The first kappa shape index (κ1) is 15.4. The van der Waals surface area contributed by atoms with Crippen LogP contribution in [0.15, 0.2) is 46.7 Å². The number of thioether (sulfide) groups is 1. The van der Waals surface area contributed by atoms with Gasteiger partial charge >= 0.3 is 0 Å². The van der Waals surface area contributed by atoms with E-state index in [0.717, 1.165) is 21.5 Å². The molecule has 0 bridgehead atoms. The minimum atomic E-state index is -0.518. The SMILES string of the molecule is O=C1S/C(=C\c2cccs2)C(=O)N1Cc1ccccc1[N+](=O)[O-]. The average Bonchev–Trinajstić information content (AvgIpc) is 3.12. The third-order valence-electron chi connectivity index (χ3n) is 3.21. The third-order valence-corrected chi connectivity index (χ3v) is 4.93. The summed E-state index contributed by atoms with van der Waals surface area (Å²) in [6.07, 6.45) is 1.66. The van der Waals surface area contributed by atoms with Crippen LogP contribution in [-0.4, -0.2) is 21.0 Å². The van der Waals surface area contributed by atoms with Crippen molar-refractivity contribution in [1.82, 2.24) is 4.90 Å². The largest absolute Gasteiger partial charge is 0.293 e. The van der Waals surface area contributed by atoms with E-state index in [1.165, 1.54) is 17.4 Å². The van der Waals surface area contributed by atoms with Gasteiger partial charge in [-0.15, -0.1) is 11.3 Å². The molecule has 2 aromatic rings. The van der Waals surface area contributed by atoms with Gasteiger partial charge in [0.2, 0.25) is 0 Å². The van der Waals surface area contributed by atoms with Gasteiger partial charge in [0, 0.05) is 16.5 Å². The maximum atomic E-state index is 12.4. The number of nitro groups is 1. The van der Waals surface area contributed by atoms with Crippen LogP contribution >= 0.6 is 23.1 Å². The molecule has 1 aliphatic heterocycles. The number of imide groups is 1. The fourth-order valence-electron chi connectivity index (χ4n) is 2.13. The Morgan fingerprint density at radius 3 is 2.65 bits per heavy atom. The summed E-state index contributed by atoms with van der Waals surface area (Å²) in [5.41, 5.74) is 0.228. The number of nitrogens with zero attached hydrogens (tertiary/aromatic N) is 2. The van der Waals surface area contributed by atoms with Gasteiger partial charge in [0.1, 0.15) is 0 Å². The average molecular weight is 346 g/mol. The molecule has 116 valence electrons. The summed E-state index contributed by atoms with van der Waals surface area (Å²) in [5, 5.41) is 12.5. The zero-order chi connectivity index (χ0) is 16.4. The molecule has 1 aromatic carbocycles. The summed E-state index contributed by atoms with van der Waals surface area (Å²) in [7, 11) is 0. The highest BCUT2D eigenvalue weighted by Crippen LogP contribution is 2.34. The standard InChI is InChI=1S/C15H10N2O4S2/c18-14-13(8-11-5-3-7-22-11)23-15(19)16(14)9-10-4-1-2-6-12(10)17(20)21/h1-8H,9H2/b13-8-. The predicted octanol–water partition coefficient (Wildman–Crippen LogP) is 3.89. The third kappa shape index (κ3) is 3.17. The zero-order valence-corrected chi connectivity index (χ0v) is 13.3. The highest BCUT2D eigenvalue weighted by atomic mass is 32.2. The molecule has 0 spiro atoms. The van der Waals surface area contributed by atoms with E-state index >= 15 is 0 Å². The van der Waals surface area contributed by atoms with Crippen molar-refractivity contribution >= 4 is 46.0 Å². The van der Waals surface area contributed by atoms with E-state index in [1.807, 2.05) is 17.5 Å². The van der Waals surface area contributed by atoms with Crippen LogP contribution in [0.2, 0.25) is 0 Å². The number of carbonyl (C=O) groups is 2. The number of para-hydroxylation sites is 1. The lowest BCUT2D eigenvalue weighted by Gasteiger charge is -2.12. The number of carbonyl (C=O) groups excluding carboxylic acids is 2. The summed E-state index contributed by atoms with van der Waals surface area (Å²) < 4.78 is 0. The van der Waals surface area contributed by atoms with E-state index in [9.17, 15) is 19.7 Å².